The van der Waals surface area contributed by atoms with Crippen LogP contribution in [0.2, 0.25) is 0 Å². The van der Waals surface area contributed by atoms with E-state index in [9.17, 15) is 22.8 Å². The van der Waals surface area contributed by atoms with E-state index >= 15 is 0 Å². The van der Waals surface area contributed by atoms with Crippen LogP contribution in [0.25, 0.3) is 0 Å². The third kappa shape index (κ3) is 3.87. The molecule has 1 fully saturated rings. The zero-order valence-electron chi connectivity index (χ0n) is 12.7. The van der Waals surface area contributed by atoms with E-state index in [-0.39, 0.29) is 18.4 Å². The number of carbonyl (C=O) groups is 2. The smallest absolute Gasteiger partial charge is 0.416 e. The number of alkyl halides is 3. The zero-order chi connectivity index (χ0) is 18.1. The standard InChI is InChI=1S/C16H18F3NO4/c17-16(18,19)10-4-1-8(2-5-10)11-7-9(3-6-12(11)20)13(14(21)22)15(23)24/h1-2,4-5,9,11-13H,3,6-7,20H2,(H,21,22)(H,23,24)/t9-,11+,12-/m1/s1. The molecule has 1 aromatic carbocycles. The topological polar surface area (TPSA) is 101 Å². The van der Waals surface area contributed by atoms with Crippen LogP contribution in [0.15, 0.2) is 24.3 Å². The quantitative estimate of drug-likeness (QED) is 0.729. The minimum atomic E-state index is -4.44. The number of rotatable bonds is 4. The lowest BCUT2D eigenvalue weighted by atomic mass is 9.70. The van der Waals surface area contributed by atoms with Crippen LogP contribution < -0.4 is 5.73 Å². The van der Waals surface area contributed by atoms with Crippen molar-refractivity contribution in [3.63, 3.8) is 0 Å². The van der Waals surface area contributed by atoms with Crippen LogP contribution in [0.5, 0.6) is 0 Å². The molecular formula is C16H18F3NO4. The molecule has 4 N–H and O–H groups in total. The Labute approximate surface area is 136 Å². The van der Waals surface area contributed by atoms with E-state index in [1.165, 1.54) is 12.1 Å². The molecule has 1 aromatic rings. The van der Waals surface area contributed by atoms with Gasteiger partial charge < -0.3 is 15.9 Å². The molecule has 0 aromatic heterocycles. The van der Waals surface area contributed by atoms with Gasteiger partial charge in [-0.2, -0.15) is 13.2 Å². The van der Waals surface area contributed by atoms with Gasteiger partial charge in [0.15, 0.2) is 5.92 Å². The van der Waals surface area contributed by atoms with Gasteiger partial charge in [0.25, 0.3) is 0 Å². The van der Waals surface area contributed by atoms with Gasteiger partial charge in [-0.25, -0.2) is 0 Å². The second-order valence-electron chi connectivity index (χ2n) is 6.12. The maximum atomic E-state index is 12.6. The fourth-order valence-electron chi connectivity index (χ4n) is 3.34. The fraction of sp³-hybridized carbons (Fsp3) is 0.500. The molecule has 0 heterocycles. The molecule has 24 heavy (non-hydrogen) atoms. The van der Waals surface area contributed by atoms with Crippen molar-refractivity contribution in [2.75, 3.05) is 0 Å². The van der Waals surface area contributed by atoms with Crippen LogP contribution >= 0.6 is 0 Å². The maximum Gasteiger partial charge on any atom is 0.416 e. The lowest BCUT2D eigenvalue weighted by Gasteiger charge is -2.36. The summed E-state index contributed by atoms with van der Waals surface area (Å²) in [5.41, 5.74) is 5.82. The molecule has 0 bridgehead atoms. The Bertz CT molecular complexity index is 601. The van der Waals surface area contributed by atoms with Gasteiger partial charge in [-0.05, 0) is 48.8 Å². The van der Waals surface area contributed by atoms with E-state index in [1.54, 1.807) is 0 Å². The van der Waals surface area contributed by atoms with Crippen LogP contribution in [0.4, 0.5) is 13.2 Å². The Kier molecular flexibility index (Phi) is 5.17. The van der Waals surface area contributed by atoms with Crippen molar-refractivity contribution >= 4 is 11.9 Å². The van der Waals surface area contributed by atoms with Gasteiger partial charge in [0.1, 0.15) is 0 Å². The molecular weight excluding hydrogens is 327 g/mol. The van der Waals surface area contributed by atoms with E-state index in [0.717, 1.165) is 12.1 Å². The summed E-state index contributed by atoms with van der Waals surface area (Å²) in [6, 6.07) is 4.22. The fourth-order valence-corrected chi connectivity index (χ4v) is 3.34. The second-order valence-corrected chi connectivity index (χ2v) is 6.12. The summed E-state index contributed by atoms with van der Waals surface area (Å²) >= 11 is 0. The Morgan fingerprint density at radius 1 is 1.08 bits per heavy atom. The zero-order valence-corrected chi connectivity index (χ0v) is 12.7. The Morgan fingerprint density at radius 3 is 2.08 bits per heavy atom. The summed E-state index contributed by atoms with van der Waals surface area (Å²) < 4.78 is 37.9. The number of hydrogen-bond donors (Lipinski definition) is 3. The molecule has 0 radical (unpaired) electrons. The molecule has 0 aliphatic heterocycles. The molecule has 5 nitrogen and oxygen atoms in total. The molecule has 2 rings (SSSR count). The van der Waals surface area contributed by atoms with Gasteiger partial charge in [-0.15, -0.1) is 0 Å². The van der Waals surface area contributed by atoms with Gasteiger partial charge >= 0.3 is 18.1 Å². The first-order valence-corrected chi connectivity index (χ1v) is 7.49. The van der Waals surface area contributed by atoms with E-state index in [2.05, 4.69) is 0 Å². The van der Waals surface area contributed by atoms with Gasteiger partial charge in [0, 0.05) is 6.04 Å². The largest absolute Gasteiger partial charge is 0.481 e. The van der Waals surface area contributed by atoms with Crippen LogP contribution in [-0.4, -0.2) is 28.2 Å². The molecule has 1 aliphatic carbocycles. The van der Waals surface area contributed by atoms with Crippen LogP contribution in [-0.2, 0) is 15.8 Å². The highest BCUT2D eigenvalue weighted by Crippen LogP contribution is 2.40. The van der Waals surface area contributed by atoms with Crippen LogP contribution in [0, 0.1) is 11.8 Å². The van der Waals surface area contributed by atoms with Crippen molar-refractivity contribution in [3.8, 4) is 0 Å². The lowest BCUT2D eigenvalue weighted by molar-refractivity contribution is -0.158. The highest BCUT2D eigenvalue weighted by Gasteiger charge is 2.40. The molecule has 1 saturated carbocycles. The van der Waals surface area contributed by atoms with Gasteiger partial charge in [0.05, 0.1) is 5.56 Å². The number of aliphatic carboxylic acids is 2. The molecule has 132 valence electrons. The minimum Gasteiger partial charge on any atom is -0.481 e. The number of carboxylic acids is 2. The first-order chi connectivity index (χ1) is 11.1. The summed E-state index contributed by atoms with van der Waals surface area (Å²) in [5.74, 6) is -5.32. The molecule has 0 amide bonds. The summed E-state index contributed by atoms with van der Waals surface area (Å²) in [5, 5.41) is 18.2. The predicted molar refractivity (Wildman–Crippen MR) is 78.3 cm³/mol. The number of nitrogens with two attached hydrogens (primary N) is 1. The predicted octanol–water partition coefficient (Wildman–Crippen LogP) is 2.70. The first-order valence-electron chi connectivity index (χ1n) is 7.49. The summed E-state index contributed by atoms with van der Waals surface area (Å²) in [6.45, 7) is 0. The summed E-state index contributed by atoms with van der Waals surface area (Å²) in [4.78, 5) is 22.4. The van der Waals surface area contributed by atoms with Crippen molar-refractivity contribution in [2.24, 2.45) is 17.6 Å². The molecule has 8 heteroatoms. The molecule has 3 atom stereocenters. The van der Waals surface area contributed by atoms with E-state index in [4.69, 9.17) is 15.9 Å². The highest BCUT2D eigenvalue weighted by molar-refractivity contribution is 5.93. The number of hydrogen-bond acceptors (Lipinski definition) is 3. The average molecular weight is 345 g/mol. The SMILES string of the molecule is N[C@@H]1CC[C@@H](C(C(=O)O)C(=O)O)C[C@H]1c1ccc(C(F)(F)F)cc1. The van der Waals surface area contributed by atoms with Crippen molar-refractivity contribution < 1.29 is 33.0 Å². The Morgan fingerprint density at radius 2 is 1.62 bits per heavy atom. The van der Waals surface area contributed by atoms with E-state index in [0.29, 0.717) is 18.4 Å². The molecule has 0 unspecified atom stereocenters. The highest BCUT2D eigenvalue weighted by atomic mass is 19.4. The molecule has 0 spiro atoms. The monoisotopic (exact) mass is 345 g/mol. The molecule has 0 saturated heterocycles. The third-order valence-electron chi connectivity index (χ3n) is 4.61. The van der Waals surface area contributed by atoms with Crippen molar-refractivity contribution in [3.05, 3.63) is 35.4 Å². The maximum absolute atomic E-state index is 12.6. The van der Waals surface area contributed by atoms with Crippen LogP contribution in [0.3, 0.4) is 0 Å². The minimum absolute atomic E-state index is 0.218. The Balaban J connectivity index is 2.22. The second kappa shape index (κ2) is 6.80. The van der Waals surface area contributed by atoms with E-state index < -0.39 is 35.5 Å². The van der Waals surface area contributed by atoms with Gasteiger partial charge in [0.2, 0.25) is 0 Å². The van der Waals surface area contributed by atoms with Crippen molar-refractivity contribution in [2.45, 2.75) is 37.4 Å². The number of carboxylic acid groups (broad SMARTS) is 2. The normalized spacial score (nSPS) is 24.8. The Hall–Kier alpha value is -2.09. The summed E-state index contributed by atoms with van der Waals surface area (Å²) in [6.07, 6.45) is -3.43. The number of halogens is 3. The van der Waals surface area contributed by atoms with Crippen LogP contribution in [0.1, 0.15) is 36.3 Å². The number of benzene rings is 1. The lowest BCUT2D eigenvalue weighted by Crippen LogP contribution is -2.40. The van der Waals surface area contributed by atoms with Gasteiger partial charge in [-0.1, -0.05) is 12.1 Å². The third-order valence-corrected chi connectivity index (χ3v) is 4.61. The first kappa shape index (κ1) is 18.3. The average Bonchev–Trinajstić information content (AvgIpc) is 2.47. The van der Waals surface area contributed by atoms with Crippen molar-refractivity contribution in [1.82, 2.24) is 0 Å². The van der Waals surface area contributed by atoms with E-state index in [1.807, 2.05) is 0 Å². The summed E-state index contributed by atoms with van der Waals surface area (Å²) in [7, 11) is 0. The van der Waals surface area contributed by atoms with Gasteiger partial charge in [-0.3, -0.25) is 9.59 Å². The molecule has 1 aliphatic rings. The van der Waals surface area contributed by atoms with Crippen molar-refractivity contribution in [1.29, 1.82) is 0 Å².